The second-order valence-corrected chi connectivity index (χ2v) is 5.66. The van der Waals surface area contributed by atoms with E-state index in [0.717, 1.165) is 22.3 Å². The molecule has 5 heteroatoms. The molecule has 0 aliphatic carbocycles. The molecule has 0 radical (unpaired) electrons. The number of para-hydroxylation sites is 1. The molecule has 1 aromatic heterocycles. The fourth-order valence-corrected chi connectivity index (χ4v) is 2.81. The maximum Gasteiger partial charge on any atom is 0.139 e. The van der Waals surface area contributed by atoms with Gasteiger partial charge in [-0.1, -0.05) is 18.2 Å². The molecule has 0 saturated carbocycles. The van der Waals surface area contributed by atoms with Crippen molar-refractivity contribution in [3.63, 3.8) is 0 Å². The quantitative estimate of drug-likeness (QED) is 0.594. The van der Waals surface area contributed by atoms with Crippen molar-refractivity contribution in [2.45, 2.75) is 12.8 Å². The van der Waals surface area contributed by atoms with Crippen molar-refractivity contribution >= 4 is 38.6 Å². The summed E-state index contributed by atoms with van der Waals surface area (Å²) in [5.41, 5.74) is 3.49. The Bertz CT molecular complexity index is 798. The van der Waals surface area contributed by atoms with Gasteiger partial charge in [-0.05, 0) is 40.5 Å². The van der Waals surface area contributed by atoms with Gasteiger partial charge in [-0.3, -0.25) is 4.57 Å². The van der Waals surface area contributed by atoms with E-state index < -0.39 is 0 Å². The number of alkyl halides is 1. The number of imidazole rings is 1. The first-order valence-electron chi connectivity index (χ1n) is 6.10. The maximum absolute atomic E-state index is 13.8. The van der Waals surface area contributed by atoms with E-state index in [9.17, 15) is 4.39 Å². The number of rotatable bonds is 2. The van der Waals surface area contributed by atoms with E-state index in [2.05, 4.69) is 20.9 Å². The minimum absolute atomic E-state index is 0.266. The predicted octanol–water partition coefficient (Wildman–Crippen LogP) is 4.97. The Kier molecular flexibility index (Phi) is 3.52. The summed E-state index contributed by atoms with van der Waals surface area (Å²) in [4.78, 5) is 4.48. The molecule has 0 aliphatic rings. The highest BCUT2D eigenvalue weighted by Crippen LogP contribution is 2.28. The maximum atomic E-state index is 13.8. The van der Waals surface area contributed by atoms with Gasteiger partial charge < -0.3 is 0 Å². The summed E-state index contributed by atoms with van der Waals surface area (Å²) in [6, 6.07) is 11.1. The van der Waals surface area contributed by atoms with Gasteiger partial charge in [0.05, 0.1) is 27.1 Å². The first-order valence-corrected chi connectivity index (χ1v) is 7.43. The molecule has 0 saturated heterocycles. The van der Waals surface area contributed by atoms with E-state index in [0.29, 0.717) is 10.3 Å². The molecule has 3 aromatic rings. The van der Waals surface area contributed by atoms with Crippen LogP contribution in [-0.4, -0.2) is 9.55 Å². The first-order chi connectivity index (χ1) is 9.61. The summed E-state index contributed by atoms with van der Waals surface area (Å²) in [6.07, 6.45) is 0. The Hall–Kier alpha value is -1.39. The minimum Gasteiger partial charge on any atom is -0.295 e. The number of nitrogens with zero attached hydrogens (tertiary/aromatic N) is 2. The molecule has 0 fully saturated rings. The Morgan fingerprint density at radius 2 is 2.05 bits per heavy atom. The summed E-state index contributed by atoms with van der Waals surface area (Å²) < 4.78 is 16.2. The molecule has 0 bridgehead atoms. The van der Waals surface area contributed by atoms with Gasteiger partial charge >= 0.3 is 0 Å². The molecule has 0 N–H and O–H groups in total. The monoisotopic (exact) mass is 352 g/mol. The Labute approximate surface area is 129 Å². The fraction of sp³-hybridized carbons (Fsp3) is 0.133. The van der Waals surface area contributed by atoms with Crippen LogP contribution in [0.4, 0.5) is 4.39 Å². The van der Waals surface area contributed by atoms with Gasteiger partial charge in [0, 0.05) is 6.07 Å². The highest BCUT2D eigenvalue weighted by atomic mass is 79.9. The van der Waals surface area contributed by atoms with Gasteiger partial charge in [0.2, 0.25) is 0 Å². The topological polar surface area (TPSA) is 17.8 Å². The van der Waals surface area contributed by atoms with Crippen LogP contribution in [-0.2, 0) is 5.88 Å². The third-order valence-electron chi connectivity index (χ3n) is 3.24. The molecule has 3 rings (SSSR count). The molecule has 0 atom stereocenters. The molecule has 2 nitrogen and oxygen atoms in total. The zero-order valence-corrected chi connectivity index (χ0v) is 13.0. The number of hydrogen-bond acceptors (Lipinski definition) is 1. The van der Waals surface area contributed by atoms with Crippen LogP contribution in [0.15, 0.2) is 40.9 Å². The van der Waals surface area contributed by atoms with E-state index in [1.807, 2.05) is 35.8 Å². The molecular weight excluding hydrogens is 343 g/mol. The molecular formula is C15H11BrClFN2. The molecule has 20 heavy (non-hydrogen) atoms. The van der Waals surface area contributed by atoms with Crippen molar-refractivity contribution in [1.82, 2.24) is 9.55 Å². The number of aromatic nitrogens is 2. The summed E-state index contributed by atoms with van der Waals surface area (Å²) >= 11 is 9.18. The Morgan fingerprint density at radius 3 is 2.75 bits per heavy atom. The number of fused-ring (bicyclic) bond motifs is 1. The van der Waals surface area contributed by atoms with Gasteiger partial charge in [-0.15, -0.1) is 11.6 Å². The lowest BCUT2D eigenvalue weighted by Crippen LogP contribution is -2.01. The first kappa shape index (κ1) is 13.6. The van der Waals surface area contributed by atoms with Gasteiger partial charge in [-0.2, -0.15) is 0 Å². The summed E-state index contributed by atoms with van der Waals surface area (Å²) in [5, 5.41) is 0. The van der Waals surface area contributed by atoms with Crippen molar-refractivity contribution in [2.75, 3.05) is 0 Å². The normalized spacial score (nSPS) is 11.2. The van der Waals surface area contributed by atoms with Crippen molar-refractivity contribution in [3.8, 4) is 5.69 Å². The van der Waals surface area contributed by atoms with E-state index in [1.54, 1.807) is 6.07 Å². The zero-order valence-electron chi connectivity index (χ0n) is 10.7. The second kappa shape index (κ2) is 5.19. The molecule has 1 heterocycles. The average Bonchev–Trinajstić information content (AvgIpc) is 2.77. The molecule has 0 amide bonds. The zero-order chi connectivity index (χ0) is 14.3. The molecule has 102 valence electrons. The molecule has 0 aliphatic heterocycles. The number of aryl methyl sites for hydroxylation is 1. The van der Waals surface area contributed by atoms with Gasteiger partial charge in [0.25, 0.3) is 0 Å². The van der Waals surface area contributed by atoms with E-state index in [1.165, 1.54) is 6.07 Å². The van der Waals surface area contributed by atoms with Crippen LogP contribution in [0.3, 0.4) is 0 Å². The van der Waals surface area contributed by atoms with Gasteiger partial charge in [0.15, 0.2) is 0 Å². The van der Waals surface area contributed by atoms with E-state index in [-0.39, 0.29) is 11.7 Å². The summed E-state index contributed by atoms with van der Waals surface area (Å²) in [5.74, 6) is 0.657. The summed E-state index contributed by atoms with van der Waals surface area (Å²) in [6.45, 7) is 2.01. The second-order valence-electron chi connectivity index (χ2n) is 4.54. The smallest absolute Gasteiger partial charge is 0.139 e. The van der Waals surface area contributed by atoms with Gasteiger partial charge in [-0.25, -0.2) is 9.37 Å². The molecule has 2 aromatic carbocycles. The van der Waals surface area contributed by atoms with Crippen molar-refractivity contribution in [2.24, 2.45) is 0 Å². The van der Waals surface area contributed by atoms with Crippen LogP contribution in [0.2, 0.25) is 0 Å². The Balaban J connectivity index is 2.39. The van der Waals surface area contributed by atoms with E-state index in [4.69, 9.17) is 11.6 Å². The average molecular weight is 354 g/mol. The lowest BCUT2D eigenvalue weighted by atomic mass is 10.2. The van der Waals surface area contributed by atoms with Crippen molar-refractivity contribution < 1.29 is 4.39 Å². The van der Waals surface area contributed by atoms with Crippen LogP contribution in [0, 0.1) is 12.7 Å². The van der Waals surface area contributed by atoms with Crippen molar-refractivity contribution in [1.29, 1.82) is 0 Å². The third-order valence-corrected chi connectivity index (χ3v) is 4.09. The highest BCUT2D eigenvalue weighted by Gasteiger charge is 2.15. The largest absolute Gasteiger partial charge is 0.295 e. The lowest BCUT2D eigenvalue weighted by molar-refractivity contribution is 0.622. The fourth-order valence-electron chi connectivity index (χ4n) is 2.30. The van der Waals surface area contributed by atoms with Gasteiger partial charge in [0.1, 0.15) is 11.6 Å². The van der Waals surface area contributed by atoms with Crippen LogP contribution in [0.1, 0.15) is 11.4 Å². The number of hydrogen-bond donors (Lipinski definition) is 0. The number of halogens is 3. The predicted molar refractivity (Wildman–Crippen MR) is 83.0 cm³/mol. The van der Waals surface area contributed by atoms with E-state index >= 15 is 0 Å². The SMILES string of the molecule is Cc1ccccc1-n1c(CCl)nc2cc(Br)c(F)cc21. The third kappa shape index (κ3) is 2.13. The number of benzene rings is 2. The minimum atomic E-state index is -0.312. The molecule has 0 spiro atoms. The van der Waals surface area contributed by atoms with Crippen LogP contribution >= 0.6 is 27.5 Å². The van der Waals surface area contributed by atoms with Crippen LogP contribution < -0.4 is 0 Å². The molecule has 0 unspecified atom stereocenters. The summed E-state index contributed by atoms with van der Waals surface area (Å²) in [7, 11) is 0. The van der Waals surface area contributed by atoms with Crippen molar-refractivity contribution in [3.05, 3.63) is 58.1 Å². The standard InChI is InChI=1S/C15H11BrClFN2/c1-9-4-2-3-5-13(9)20-14-7-11(18)10(16)6-12(14)19-15(20)8-17/h2-7H,8H2,1H3. The lowest BCUT2D eigenvalue weighted by Gasteiger charge is -2.10. The Morgan fingerprint density at radius 1 is 1.30 bits per heavy atom. The van der Waals surface area contributed by atoms with Crippen LogP contribution in [0.5, 0.6) is 0 Å². The van der Waals surface area contributed by atoms with Crippen LogP contribution in [0.25, 0.3) is 16.7 Å². The highest BCUT2D eigenvalue weighted by molar-refractivity contribution is 9.10.